The van der Waals surface area contributed by atoms with Crippen LogP contribution in [0.1, 0.15) is 30.7 Å². The van der Waals surface area contributed by atoms with E-state index >= 15 is 0 Å². The maximum Gasteiger partial charge on any atom is 0.227 e. The van der Waals surface area contributed by atoms with Gasteiger partial charge >= 0.3 is 0 Å². The summed E-state index contributed by atoms with van der Waals surface area (Å²) in [5, 5.41) is 3.91. The number of carbonyl (C=O) groups is 1. The van der Waals surface area contributed by atoms with E-state index < -0.39 is 0 Å². The number of hydrogen-bond donors (Lipinski definition) is 0. The average Bonchev–Trinajstić information content (AvgIpc) is 3.43. The smallest absolute Gasteiger partial charge is 0.227 e. The summed E-state index contributed by atoms with van der Waals surface area (Å²) in [6.07, 6.45) is 6.26. The SMILES string of the molecule is O=C(CCc1nc(-c2ccc(F)cc2)no1)N(Cc1ccncc1)C1CC1. The second kappa shape index (κ2) is 7.65. The molecule has 0 aliphatic heterocycles. The van der Waals surface area contributed by atoms with Crippen LogP contribution in [0.25, 0.3) is 11.4 Å². The zero-order chi connectivity index (χ0) is 18.6. The van der Waals surface area contributed by atoms with Gasteiger partial charge in [-0.15, -0.1) is 0 Å². The van der Waals surface area contributed by atoms with E-state index in [1.807, 2.05) is 17.0 Å². The molecule has 138 valence electrons. The number of benzene rings is 1. The molecule has 27 heavy (non-hydrogen) atoms. The molecule has 4 rings (SSSR count). The van der Waals surface area contributed by atoms with Crippen molar-refractivity contribution < 1.29 is 13.7 Å². The van der Waals surface area contributed by atoms with Gasteiger partial charge in [-0.3, -0.25) is 9.78 Å². The van der Waals surface area contributed by atoms with Crippen LogP contribution in [-0.2, 0) is 17.8 Å². The summed E-state index contributed by atoms with van der Waals surface area (Å²) >= 11 is 0. The van der Waals surface area contributed by atoms with Gasteiger partial charge in [-0.1, -0.05) is 5.16 Å². The van der Waals surface area contributed by atoms with Gasteiger partial charge in [-0.25, -0.2) is 4.39 Å². The van der Waals surface area contributed by atoms with Gasteiger partial charge in [0.15, 0.2) is 0 Å². The Morgan fingerprint density at radius 2 is 1.89 bits per heavy atom. The molecule has 2 aromatic heterocycles. The quantitative estimate of drug-likeness (QED) is 0.641. The monoisotopic (exact) mass is 366 g/mol. The Balaban J connectivity index is 1.37. The summed E-state index contributed by atoms with van der Waals surface area (Å²) in [7, 11) is 0. The van der Waals surface area contributed by atoms with Crippen LogP contribution in [-0.4, -0.2) is 32.0 Å². The molecule has 1 amide bonds. The highest BCUT2D eigenvalue weighted by molar-refractivity contribution is 5.77. The fourth-order valence-electron chi connectivity index (χ4n) is 2.92. The van der Waals surface area contributed by atoms with Crippen LogP contribution in [0.3, 0.4) is 0 Å². The van der Waals surface area contributed by atoms with Gasteiger partial charge in [0.05, 0.1) is 0 Å². The molecule has 1 aromatic carbocycles. The minimum Gasteiger partial charge on any atom is -0.339 e. The van der Waals surface area contributed by atoms with E-state index in [0.717, 1.165) is 18.4 Å². The van der Waals surface area contributed by atoms with Crippen LogP contribution in [0.5, 0.6) is 0 Å². The first-order valence-corrected chi connectivity index (χ1v) is 8.96. The number of aryl methyl sites for hydroxylation is 1. The van der Waals surface area contributed by atoms with Gasteiger partial charge in [0.25, 0.3) is 0 Å². The fourth-order valence-corrected chi connectivity index (χ4v) is 2.92. The van der Waals surface area contributed by atoms with Gasteiger partial charge in [0.1, 0.15) is 5.82 Å². The van der Waals surface area contributed by atoms with E-state index in [4.69, 9.17) is 4.52 Å². The van der Waals surface area contributed by atoms with E-state index in [9.17, 15) is 9.18 Å². The normalized spacial score (nSPS) is 13.5. The number of aromatic nitrogens is 3. The second-order valence-electron chi connectivity index (χ2n) is 6.63. The number of amides is 1. The van der Waals surface area contributed by atoms with Crippen LogP contribution in [0, 0.1) is 5.82 Å². The number of hydrogen-bond acceptors (Lipinski definition) is 5. The molecule has 0 unspecified atom stereocenters. The van der Waals surface area contributed by atoms with E-state index in [-0.39, 0.29) is 11.7 Å². The first-order chi connectivity index (χ1) is 13.2. The first kappa shape index (κ1) is 17.3. The van der Waals surface area contributed by atoms with Crippen LogP contribution in [0.4, 0.5) is 4.39 Å². The van der Waals surface area contributed by atoms with E-state index in [2.05, 4.69) is 15.1 Å². The molecule has 1 aliphatic carbocycles. The highest BCUT2D eigenvalue weighted by atomic mass is 19.1. The Hall–Kier alpha value is -3.09. The van der Waals surface area contributed by atoms with Crippen molar-refractivity contribution in [2.75, 3.05) is 0 Å². The predicted octanol–water partition coefficient (Wildman–Crippen LogP) is 3.39. The molecule has 3 aromatic rings. The summed E-state index contributed by atoms with van der Waals surface area (Å²) in [4.78, 5) is 22.9. The molecule has 7 heteroatoms. The van der Waals surface area contributed by atoms with Gasteiger partial charge < -0.3 is 9.42 Å². The molecular weight excluding hydrogens is 347 g/mol. The number of pyridine rings is 1. The molecule has 0 saturated heterocycles. The Morgan fingerprint density at radius 1 is 1.15 bits per heavy atom. The minimum absolute atomic E-state index is 0.0795. The largest absolute Gasteiger partial charge is 0.339 e. The zero-order valence-corrected chi connectivity index (χ0v) is 14.7. The van der Waals surface area contributed by atoms with E-state index in [0.29, 0.717) is 42.7 Å². The maximum atomic E-state index is 13.0. The lowest BCUT2D eigenvalue weighted by Gasteiger charge is -2.22. The third kappa shape index (κ3) is 4.36. The van der Waals surface area contributed by atoms with E-state index in [1.165, 1.54) is 12.1 Å². The Bertz CT molecular complexity index is 907. The molecule has 0 radical (unpaired) electrons. The minimum atomic E-state index is -0.317. The first-order valence-electron chi connectivity index (χ1n) is 8.96. The lowest BCUT2D eigenvalue weighted by atomic mass is 10.2. The van der Waals surface area contributed by atoms with Crippen molar-refractivity contribution in [2.45, 2.75) is 38.3 Å². The van der Waals surface area contributed by atoms with Gasteiger partial charge in [-0.2, -0.15) is 4.98 Å². The Labute approximate surface area is 156 Å². The zero-order valence-electron chi connectivity index (χ0n) is 14.7. The Morgan fingerprint density at radius 3 is 2.59 bits per heavy atom. The maximum absolute atomic E-state index is 13.0. The van der Waals surface area contributed by atoms with Crippen molar-refractivity contribution in [3.8, 4) is 11.4 Å². The highest BCUT2D eigenvalue weighted by Crippen LogP contribution is 2.29. The predicted molar refractivity (Wildman–Crippen MR) is 95.8 cm³/mol. The number of nitrogens with zero attached hydrogens (tertiary/aromatic N) is 4. The third-order valence-electron chi connectivity index (χ3n) is 4.53. The molecule has 1 aliphatic rings. The van der Waals surface area contributed by atoms with Crippen molar-refractivity contribution in [2.24, 2.45) is 0 Å². The third-order valence-corrected chi connectivity index (χ3v) is 4.53. The summed E-state index contributed by atoms with van der Waals surface area (Å²) < 4.78 is 18.2. The lowest BCUT2D eigenvalue weighted by Crippen LogP contribution is -2.32. The number of rotatable bonds is 7. The topological polar surface area (TPSA) is 72.1 Å². The average molecular weight is 366 g/mol. The van der Waals surface area contributed by atoms with Crippen LogP contribution in [0.15, 0.2) is 53.3 Å². The molecule has 0 N–H and O–H groups in total. The number of carbonyl (C=O) groups excluding carboxylic acids is 1. The summed E-state index contributed by atoms with van der Waals surface area (Å²) in [5.74, 6) is 0.564. The van der Waals surface area contributed by atoms with Gasteiger partial charge in [-0.05, 0) is 54.8 Å². The van der Waals surface area contributed by atoms with E-state index in [1.54, 1.807) is 24.5 Å². The van der Waals surface area contributed by atoms with Crippen molar-refractivity contribution in [3.05, 3.63) is 66.1 Å². The van der Waals surface area contributed by atoms with Crippen LogP contribution < -0.4 is 0 Å². The fraction of sp³-hybridized carbons (Fsp3) is 0.300. The summed E-state index contributed by atoms with van der Waals surface area (Å²) in [6, 6.07) is 10.1. The molecular formula is C20H19FN4O2. The van der Waals surface area contributed by atoms with Crippen molar-refractivity contribution in [1.29, 1.82) is 0 Å². The van der Waals surface area contributed by atoms with Gasteiger partial charge in [0, 0.05) is 43.4 Å². The molecule has 0 atom stereocenters. The van der Waals surface area contributed by atoms with Gasteiger partial charge in [0.2, 0.25) is 17.6 Å². The molecule has 0 spiro atoms. The van der Waals surface area contributed by atoms with Crippen LogP contribution >= 0.6 is 0 Å². The van der Waals surface area contributed by atoms with Crippen molar-refractivity contribution in [1.82, 2.24) is 20.0 Å². The highest BCUT2D eigenvalue weighted by Gasteiger charge is 2.32. The summed E-state index contributed by atoms with van der Waals surface area (Å²) in [5.41, 5.74) is 1.75. The Kier molecular flexibility index (Phi) is 4.91. The standard InChI is InChI=1S/C20H19FN4O2/c21-16-3-1-15(2-4-16)20-23-18(27-24-20)7-8-19(26)25(17-5-6-17)13-14-9-11-22-12-10-14/h1-4,9-12,17H,5-8,13H2. The van der Waals surface area contributed by atoms with Crippen molar-refractivity contribution in [3.63, 3.8) is 0 Å². The van der Waals surface area contributed by atoms with Crippen LogP contribution in [0.2, 0.25) is 0 Å². The summed E-state index contributed by atoms with van der Waals surface area (Å²) in [6.45, 7) is 0.594. The molecule has 6 nitrogen and oxygen atoms in total. The molecule has 2 heterocycles. The second-order valence-corrected chi connectivity index (χ2v) is 6.63. The lowest BCUT2D eigenvalue weighted by molar-refractivity contribution is -0.132. The molecule has 1 saturated carbocycles. The molecule has 0 bridgehead atoms. The number of halogens is 1. The van der Waals surface area contributed by atoms with Crippen molar-refractivity contribution >= 4 is 5.91 Å². The molecule has 1 fully saturated rings.